The van der Waals surface area contributed by atoms with Gasteiger partial charge < -0.3 is 9.63 Å². The van der Waals surface area contributed by atoms with Crippen molar-refractivity contribution in [2.75, 3.05) is 0 Å². The van der Waals surface area contributed by atoms with E-state index >= 15 is 0 Å². The molecule has 0 saturated heterocycles. The Hall–Kier alpha value is -2.21. The van der Waals surface area contributed by atoms with Gasteiger partial charge in [-0.1, -0.05) is 32.7 Å². The number of phenols is 1. The molecular weight excluding hydrogens is 339 g/mol. The molecular formula is C15H10BrFN2O2. The van der Waals surface area contributed by atoms with Gasteiger partial charge in [-0.05, 0) is 37.3 Å². The number of phenolic OH excluding ortho intramolecular Hbond substituents is 1. The minimum Gasteiger partial charge on any atom is -0.507 e. The molecule has 0 amide bonds. The van der Waals surface area contributed by atoms with Crippen LogP contribution in [0.5, 0.6) is 5.75 Å². The molecule has 6 heteroatoms. The maximum atomic E-state index is 13.3. The number of halogens is 2. The number of nitrogens with zero attached hydrogens (tertiary/aromatic N) is 2. The Morgan fingerprint density at radius 3 is 2.76 bits per heavy atom. The van der Waals surface area contributed by atoms with E-state index in [4.69, 9.17) is 4.52 Å². The lowest BCUT2D eigenvalue weighted by Gasteiger charge is -2.00. The first kappa shape index (κ1) is 13.8. The van der Waals surface area contributed by atoms with E-state index in [0.717, 1.165) is 5.56 Å². The van der Waals surface area contributed by atoms with E-state index in [0.29, 0.717) is 15.6 Å². The standard InChI is InChI=1S/C15H10BrFN2O2/c1-8-2-5-13(20)11(6-8)15-18-14(19-21-15)10-7-9(17)3-4-12(10)16/h2-7,20H,1H3. The highest BCUT2D eigenvalue weighted by Gasteiger charge is 2.16. The molecule has 0 atom stereocenters. The molecule has 1 aromatic heterocycles. The van der Waals surface area contributed by atoms with Gasteiger partial charge in [-0.3, -0.25) is 0 Å². The molecule has 0 spiro atoms. The van der Waals surface area contributed by atoms with Crippen molar-refractivity contribution in [1.29, 1.82) is 0 Å². The first-order chi connectivity index (χ1) is 10.0. The topological polar surface area (TPSA) is 59.2 Å². The van der Waals surface area contributed by atoms with Crippen LogP contribution in [0.15, 0.2) is 45.4 Å². The summed E-state index contributed by atoms with van der Waals surface area (Å²) < 4.78 is 19.2. The molecule has 1 heterocycles. The monoisotopic (exact) mass is 348 g/mol. The van der Waals surface area contributed by atoms with Crippen LogP contribution in [-0.2, 0) is 0 Å². The fourth-order valence-corrected chi connectivity index (χ4v) is 2.36. The number of aromatic hydroxyl groups is 1. The van der Waals surface area contributed by atoms with Crippen molar-refractivity contribution in [3.05, 3.63) is 52.3 Å². The van der Waals surface area contributed by atoms with Crippen molar-refractivity contribution in [3.8, 4) is 28.6 Å². The summed E-state index contributed by atoms with van der Waals surface area (Å²) in [4.78, 5) is 4.22. The molecule has 0 aliphatic carbocycles. The molecule has 0 aliphatic rings. The summed E-state index contributed by atoms with van der Waals surface area (Å²) in [5.41, 5.74) is 1.88. The number of hydrogen-bond acceptors (Lipinski definition) is 4. The highest BCUT2D eigenvalue weighted by Crippen LogP contribution is 2.32. The molecule has 4 nitrogen and oxygen atoms in total. The molecule has 0 fully saturated rings. The third-order valence-electron chi connectivity index (χ3n) is 2.98. The van der Waals surface area contributed by atoms with Crippen LogP contribution in [0.4, 0.5) is 4.39 Å². The van der Waals surface area contributed by atoms with Crippen molar-refractivity contribution < 1.29 is 14.0 Å². The second kappa shape index (κ2) is 5.29. The Morgan fingerprint density at radius 1 is 1.14 bits per heavy atom. The largest absolute Gasteiger partial charge is 0.507 e. The number of rotatable bonds is 2. The lowest BCUT2D eigenvalue weighted by Crippen LogP contribution is -1.85. The second-order valence-electron chi connectivity index (χ2n) is 4.57. The van der Waals surface area contributed by atoms with Gasteiger partial charge in [-0.2, -0.15) is 4.98 Å². The van der Waals surface area contributed by atoms with Gasteiger partial charge in [0, 0.05) is 10.0 Å². The molecule has 2 aromatic carbocycles. The molecule has 0 aliphatic heterocycles. The van der Waals surface area contributed by atoms with Crippen LogP contribution >= 0.6 is 15.9 Å². The zero-order valence-electron chi connectivity index (χ0n) is 11.0. The van der Waals surface area contributed by atoms with E-state index in [-0.39, 0.29) is 17.5 Å². The van der Waals surface area contributed by atoms with Gasteiger partial charge in [0.15, 0.2) is 0 Å². The summed E-state index contributed by atoms with van der Waals surface area (Å²) >= 11 is 3.32. The first-order valence-electron chi connectivity index (χ1n) is 6.14. The molecule has 21 heavy (non-hydrogen) atoms. The van der Waals surface area contributed by atoms with Crippen molar-refractivity contribution in [2.24, 2.45) is 0 Å². The third-order valence-corrected chi connectivity index (χ3v) is 3.67. The smallest absolute Gasteiger partial charge is 0.262 e. The summed E-state index contributed by atoms with van der Waals surface area (Å²) in [5.74, 6) is 0.0895. The van der Waals surface area contributed by atoms with E-state index in [2.05, 4.69) is 26.1 Å². The minimum absolute atomic E-state index is 0.0501. The zero-order chi connectivity index (χ0) is 15.0. The average Bonchev–Trinajstić information content (AvgIpc) is 2.93. The van der Waals surface area contributed by atoms with Crippen LogP contribution in [-0.4, -0.2) is 15.2 Å². The van der Waals surface area contributed by atoms with Gasteiger partial charge in [-0.25, -0.2) is 4.39 Å². The van der Waals surface area contributed by atoms with E-state index in [9.17, 15) is 9.50 Å². The lowest BCUT2D eigenvalue weighted by atomic mass is 10.1. The maximum Gasteiger partial charge on any atom is 0.262 e. The Labute approximate surface area is 128 Å². The number of aryl methyl sites for hydroxylation is 1. The molecule has 0 radical (unpaired) electrons. The van der Waals surface area contributed by atoms with E-state index in [1.807, 2.05) is 6.92 Å². The predicted molar refractivity (Wildman–Crippen MR) is 79.2 cm³/mol. The summed E-state index contributed by atoms with van der Waals surface area (Å²) in [6.45, 7) is 1.89. The number of benzene rings is 2. The van der Waals surface area contributed by atoms with Crippen LogP contribution < -0.4 is 0 Å². The summed E-state index contributed by atoms with van der Waals surface area (Å²) in [6, 6.07) is 9.31. The highest BCUT2D eigenvalue weighted by molar-refractivity contribution is 9.10. The second-order valence-corrected chi connectivity index (χ2v) is 5.42. The Kier molecular flexibility index (Phi) is 3.47. The molecule has 0 unspecified atom stereocenters. The number of aromatic nitrogens is 2. The van der Waals surface area contributed by atoms with E-state index < -0.39 is 5.82 Å². The van der Waals surface area contributed by atoms with Gasteiger partial charge in [0.2, 0.25) is 5.82 Å². The van der Waals surface area contributed by atoms with Crippen LogP contribution in [0.1, 0.15) is 5.56 Å². The number of hydrogen-bond donors (Lipinski definition) is 1. The molecule has 1 N–H and O–H groups in total. The zero-order valence-corrected chi connectivity index (χ0v) is 12.6. The summed E-state index contributed by atoms with van der Waals surface area (Å²) in [7, 11) is 0. The van der Waals surface area contributed by atoms with Crippen molar-refractivity contribution in [3.63, 3.8) is 0 Å². The van der Waals surface area contributed by atoms with Gasteiger partial charge in [0.1, 0.15) is 11.6 Å². The van der Waals surface area contributed by atoms with Crippen LogP contribution in [0.3, 0.4) is 0 Å². The van der Waals surface area contributed by atoms with Crippen LogP contribution in [0.2, 0.25) is 0 Å². The van der Waals surface area contributed by atoms with Crippen LogP contribution in [0.25, 0.3) is 22.8 Å². The Balaban J connectivity index is 2.08. The quantitative estimate of drug-likeness (QED) is 0.749. The van der Waals surface area contributed by atoms with Gasteiger partial charge in [-0.15, -0.1) is 0 Å². The average molecular weight is 349 g/mol. The molecule has 106 valence electrons. The Morgan fingerprint density at radius 2 is 1.95 bits per heavy atom. The van der Waals surface area contributed by atoms with Crippen molar-refractivity contribution >= 4 is 15.9 Å². The van der Waals surface area contributed by atoms with Gasteiger partial charge >= 0.3 is 0 Å². The molecule has 3 aromatic rings. The normalized spacial score (nSPS) is 10.8. The van der Waals surface area contributed by atoms with E-state index in [1.165, 1.54) is 12.1 Å². The van der Waals surface area contributed by atoms with Crippen molar-refractivity contribution in [1.82, 2.24) is 10.1 Å². The third kappa shape index (κ3) is 2.67. The van der Waals surface area contributed by atoms with Gasteiger partial charge in [0.05, 0.1) is 5.56 Å². The first-order valence-corrected chi connectivity index (χ1v) is 6.93. The minimum atomic E-state index is -0.391. The fourth-order valence-electron chi connectivity index (χ4n) is 1.93. The van der Waals surface area contributed by atoms with E-state index in [1.54, 1.807) is 24.3 Å². The Bertz CT molecular complexity index is 751. The maximum absolute atomic E-state index is 13.3. The summed E-state index contributed by atoms with van der Waals surface area (Å²) in [6.07, 6.45) is 0. The van der Waals surface area contributed by atoms with Gasteiger partial charge in [0.25, 0.3) is 5.89 Å². The highest BCUT2D eigenvalue weighted by atomic mass is 79.9. The molecule has 0 bridgehead atoms. The summed E-state index contributed by atoms with van der Waals surface area (Å²) in [5, 5.41) is 13.7. The fraction of sp³-hybridized carbons (Fsp3) is 0.0667. The molecule has 3 rings (SSSR count). The van der Waals surface area contributed by atoms with Crippen molar-refractivity contribution in [2.45, 2.75) is 6.92 Å². The molecule has 0 saturated carbocycles. The van der Waals surface area contributed by atoms with Crippen LogP contribution in [0, 0.1) is 12.7 Å². The SMILES string of the molecule is Cc1ccc(O)c(-c2nc(-c3cc(F)ccc3Br)no2)c1. The predicted octanol–water partition coefficient (Wildman–Crippen LogP) is 4.32. The lowest BCUT2D eigenvalue weighted by molar-refractivity contribution is 0.425.